The highest BCUT2D eigenvalue weighted by Crippen LogP contribution is 2.39. The minimum absolute atomic E-state index is 0.0794. The van der Waals surface area contributed by atoms with Gasteiger partial charge in [-0.25, -0.2) is 0 Å². The van der Waals surface area contributed by atoms with Crippen molar-refractivity contribution < 1.29 is 10.2 Å². The number of hydrogen-bond acceptors (Lipinski definition) is 2. The van der Waals surface area contributed by atoms with Gasteiger partial charge in [0.2, 0.25) is 0 Å². The van der Waals surface area contributed by atoms with Crippen LogP contribution in [-0.2, 0) is 12.8 Å². The summed E-state index contributed by atoms with van der Waals surface area (Å²) < 4.78 is 0. The van der Waals surface area contributed by atoms with Gasteiger partial charge in [0.1, 0.15) is 0 Å². The van der Waals surface area contributed by atoms with E-state index < -0.39 is 0 Å². The van der Waals surface area contributed by atoms with Gasteiger partial charge in [0.25, 0.3) is 0 Å². The van der Waals surface area contributed by atoms with Crippen LogP contribution in [0.2, 0.25) is 5.02 Å². The van der Waals surface area contributed by atoms with E-state index in [1.807, 2.05) is 0 Å². The summed E-state index contributed by atoms with van der Waals surface area (Å²) in [5, 5.41) is 20.4. The summed E-state index contributed by atoms with van der Waals surface area (Å²) in [6.07, 6.45) is 22.4. The Kier molecular flexibility index (Phi) is 15.2. The predicted octanol–water partition coefficient (Wildman–Crippen LogP) is 9.12. The summed E-state index contributed by atoms with van der Waals surface area (Å²) >= 11 is 6.40. The van der Waals surface area contributed by atoms with Crippen LogP contribution in [0.1, 0.15) is 128 Å². The van der Waals surface area contributed by atoms with E-state index in [1.54, 1.807) is 6.07 Å². The maximum absolute atomic E-state index is 10.1. The Morgan fingerprint density at radius 1 is 0.621 bits per heavy atom. The van der Waals surface area contributed by atoms with E-state index in [0.717, 1.165) is 36.8 Å². The Morgan fingerprint density at radius 3 is 1.52 bits per heavy atom. The van der Waals surface area contributed by atoms with E-state index in [0.29, 0.717) is 5.02 Å². The van der Waals surface area contributed by atoms with E-state index in [1.165, 1.54) is 89.9 Å². The molecule has 1 aromatic carbocycles. The van der Waals surface area contributed by atoms with Crippen LogP contribution in [0.15, 0.2) is 6.07 Å². The van der Waals surface area contributed by atoms with Crippen molar-refractivity contribution in [2.24, 2.45) is 0 Å². The van der Waals surface area contributed by atoms with Gasteiger partial charge in [-0.05, 0) is 42.9 Å². The lowest BCUT2D eigenvalue weighted by Gasteiger charge is -2.14. The molecule has 0 saturated heterocycles. The SMILES string of the molecule is CCCCCCCCCCc1cc(O)c(O)c(Cl)c1CCCCCCCCCC. The molecule has 0 fully saturated rings. The van der Waals surface area contributed by atoms with E-state index in [2.05, 4.69) is 13.8 Å². The van der Waals surface area contributed by atoms with Crippen LogP contribution in [0, 0.1) is 0 Å². The standard InChI is InChI=1S/C26H45ClO2/c1-3-5-7-9-11-13-15-17-19-22-21-24(28)26(29)25(27)23(22)20-18-16-14-12-10-8-6-4-2/h21,28-29H,3-20H2,1-2H3. The summed E-state index contributed by atoms with van der Waals surface area (Å²) in [5.41, 5.74) is 2.18. The molecule has 0 aromatic heterocycles. The number of benzene rings is 1. The molecule has 1 rings (SSSR count). The highest BCUT2D eigenvalue weighted by Gasteiger charge is 2.15. The number of phenols is 2. The Bertz CT molecular complexity index is 542. The lowest BCUT2D eigenvalue weighted by atomic mass is 9.95. The number of hydrogen-bond donors (Lipinski definition) is 2. The van der Waals surface area contributed by atoms with E-state index in [9.17, 15) is 10.2 Å². The molecule has 0 aliphatic rings. The molecule has 0 radical (unpaired) electrons. The molecule has 29 heavy (non-hydrogen) atoms. The van der Waals surface area contributed by atoms with Gasteiger partial charge in [0.15, 0.2) is 11.5 Å². The molecule has 1 aromatic rings. The van der Waals surface area contributed by atoms with Gasteiger partial charge in [-0.1, -0.05) is 115 Å². The van der Waals surface area contributed by atoms with Crippen LogP contribution in [0.4, 0.5) is 0 Å². The summed E-state index contributed by atoms with van der Waals surface area (Å²) in [5.74, 6) is -0.231. The summed E-state index contributed by atoms with van der Waals surface area (Å²) in [6.45, 7) is 4.51. The largest absolute Gasteiger partial charge is 0.504 e. The first kappa shape index (κ1) is 26.1. The van der Waals surface area contributed by atoms with Gasteiger partial charge in [0, 0.05) is 0 Å². The normalized spacial score (nSPS) is 11.3. The van der Waals surface area contributed by atoms with Crippen molar-refractivity contribution in [1.29, 1.82) is 0 Å². The quantitative estimate of drug-likeness (QED) is 0.182. The van der Waals surface area contributed by atoms with Crippen LogP contribution < -0.4 is 0 Å². The number of rotatable bonds is 18. The predicted molar refractivity (Wildman–Crippen MR) is 127 cm³/mol. The zero-order valence-corrected chi connectivity index (χ0v) is 19.8. The maximum Gasteiger partial charge on any atom is 0.176 e. The molecule has 3 heteroatoms. The van der Waals surface area contributed by atoms with Crippen molar-refractivity contribution >= 4 is 11.6 Å². The molecule has 2 N–H and O–H groups in total. The van der Waals surface area contributed by atoms with Crippen LogP contribution in [0.3, 0.4) is 0 Å². The van der Waals surface area contributed by atoms with Crippen molar-refractivity contribution in [3.05, 3.63) is 22.2 Å². The molecular weight excluding hydrogens is 380 g/mol. The molecule has 0 spiro atoms. The fourth-order valence-electron chi connectivity index (χ4n) is 4.10. The molecule has 0 aliphatic heterocycles. The van der Waals surface area contributed by atoms with Gasteiger partial charge in [0.05, 0.1) is 5.02 Å². The van der Waals surface area contributed by atoms with Gasteiger partial charge in [-0.15, -0.1) is 0 Å². The van der Waals surface area contributed by atoms with Crippen molar-refractivity contribution in [2.45, 2.75) is 129 Å². The lowest BCUT2D eigenvalue weighted by Crippen LogP contribution is -1.98. The Morgan fingerprint density at radius 2 is 1.03 bits per heavy atom. The first-order valence-corrected chi connectivity index (χ1v) is 12.7. The van der Waals surface area contributed by atoms with E-state index in [4.69, 9.17) is 11.6 Å². The van der Waals surface area contributed by atoms with E-state index in [-0.39, 0.29) is 11.5 Å². The van der Waals surface area contributed by atoms with Gasteiger partial charge in [-0.3, -0.25) is 0 Å². The minimum atomic E-state index is -0.152. The number of aromatic hydroxyl groups is 2. The molecule has 0 heterocycles. The Balaban J connectivity index is 2.41. The van der Waals surface area contributed by atoms with Crippen LogP contribution in [0.25, 0.3) is 0 Å². The average molecular weight is 425 g/mol. The molecule has 0 unspecified atom stereocenters. The number of halogens is 1. The molecule has 168 valence electrons. The molecule has 0 bridgehead atoms. The van der Waals surface area contributed by atoms with Crippen molar-refractivity contribution in [1.82, 2.24) is 0 Å². The highest BCUT2D eigenvalue weighted by molar-refractivity contribution is 6.33. The zero-order chi connectivity index (χ0) is 21.3. The number of phenolic OH excluding ortho intramolecular Hbond substituents is 2. The van der Waals surface area contributed by atoms with Gasteiger partial charge >= 0.3 is 0 Å². The van der Waals surface area contributed by atoms with Crippen LogP contribution in [0.5, 0.6) is 11.5 Å². The first-order chi connectivity index (χ1) is 14.1. The van der Waals surface area contributed by atoms with Crippen LogP contribution in [-0.4, -0.2) is 10.2 Å². The third-order valence-corrected chi connectivity index (χ3v) is 6.40. The molecule has 0 saturated carbocycles. The van der Waals surface area contributed by atoms with Gasteiger partial charge < -0.3 is 10.2 Å². The third kappa shape index (κ3) is 11.2. The summed E-state index contributed by atoms with van der Waals surface area (Å²) in [7, 11) is 0. The Hall–Kier alpha value is -0.890. The fraction of sp³-hybridized carbons (Fsp3) is 0.769. The molecule has 0 atom stereocenters. The second-order valence-corrected chi connectivity index (χ2v) is 9.02. The van der Waals surface area contributed by atoms with Crippen molar-refractivity contribution in [3.8, 4) is 11.5 Å². The second-order valence-electron chi connectivity index (χ2n) is 8.65. The van der Waals surface area contributed by atoms with E-state index >= 15 is 0 Å². The molecule has 2 nitrogen and oxygen atoms in total. The second kappa shape index (κ2) is 16.9. The highest BCUT2D eigenvalue weighted by atomic mass is 35.5. The monoisotopic (exact) mass is 424 g/mol. The zero-order valence-electron chi connectivity index (χ0n) is 19.1. The number of unbranched alkanes of at least 4 members (excludes halogenated alkanes) is 14. The Labute approximate surface area is 185 Å². The minimum Gasteiger partial charge on any atom is -0.504 e. The van der Waals surface area contributed by atoms with Gasteiger partial charge in [-0.2, -0.15) is 0 Å². The van der Waals surface area contributed by atoms with Crippen LogP contribution >= 0.6 is 11.6 Å². The summed E-state index contributed by atoms with van der Waals surface area (Å²) in [4.78, 5) is 0. The molecular formula is C26H45ClO2. The third-order valence-electron chi connectivity index (χ3n) is 5.99. The van der Waals surface area contributed by atoms with Crippen molar-refractivity contribution in [2.75, 3.05) is 0 Å². The van der Waals surface area contributed by atoms with Crippen molar-refractivity contribution in [3.63, 3.8) is 0 Å². The maximum atomic E-state index is 10.1. The smallest absolute Gasteiger partial charge is 0.176 e. The summed E-state index contributed by atoms with van der Waals surface area (Å²) in [6, 6.07) is 1.74. The first-order valence-electron chi connectivity index (χ1n) is 12.3. The number of aryl methyl sites for hydroxylation is 1. The molecule has 0 aliphatic carbocycles. The fourth-order valence-corrected chi connectivity index (χ4v) is 4.41. The average Bonchev–Trinajstić information content (AvgIpc) is 2.72. The molecule has 0 amide bonds. The lowest BCUT2D eigenvalue weighted by molar-refractivity contribution is 0.402. The topological polar surface area (TPSA) is 40.5 Å².